The third kappa shape index (κ3) is 3.56. The number of aromatic nitrogens is 1. The van der Waals surface area contributed by atoms with Gasteiger partial charge in [-0.05, 0) is 33.0 Å². The standard InChI is InChI=1S/C22H30N4O4/c1-25(2)13-12-24-19(27)15-9-6-7-11-22(15,21(23)30)17-14-8-4-5-10-16(14)26(3)18(17)20(28)29/h4-5,8,10,15H,6-7,9,11-13H2,1-3H3,(H2,23,30)(H,24,27)(H,28,29)/t15-,22-/m0/s1. The lowest BCUT2D eigenvalue weighted by molar-refractivity contribution is -0.137. The maximum atomic E-state index is 13.2. The smallest absolute Gasteiger partial charge is 0.352 e. The van der Waals surface area contributed by atoms with Crippen LogP contribution in [0.3, 0.4) is 0 Å². The number of primary amides is 1. The molecule has 1 aromatic carbocycles. The van der Waals surface area contributed by atoms with Crippen molar-refractivity contribution in [2.24, 2.45) is 18.7 Å². The molecule has 0 spiro atoms. The quantitative estimate of drug-likeness (QED) is 0.634. The van der Waals surface area contributed by atoms with E-state index >= 15 is 0 Å². The third-order valence-corrected chi connectivity index (χ3v) is 6.28. The first-order valence-electron chi connectivity index (χ1n) is 10.2. The maximum absolute atomic E-state index is 13.2. The van der Waals surface area contributed by atoms with E-state index in [0.717, 1.165) is 6.42 Å². The van der Waals surface area contributed by atoms with Crippen molar-refractivity contribution in [3.05, 3.63) is 35.5 Å². The van der Waals surface area contributed by atoms with Gasteiger partial charge in [-0.3, -0.25) is 9.59 Å². The minimum absolute atomic E-state index is 0.0167. The van der Waals surface area contributed by atoms with E-state index in [4.69, 9.17) is 5.73 Å². The molecule has 2 atom stereocenters. The molecule has 162 valence electrons. The van der Waals surface area contributed by atoms with Crippen LogP contribution < -0.4 is 11.1 Å². The van der Waals surface area contributed by atoms with Gasteiger partial charge in [-0.25, -0.2) is 4.79 Å². The molecule has 30 heavy (non-hydrogen) atoms. The van der Waals surface area contributed by atoms with E-state index < -0.39 is 23.2 Å². The lowest BCUT2D eigenvalue weighted by Gasteiger charge is -2.41. The monoisotopic (exact) mass is 414 g/mol. The predicted molar refractivity (Wildman–Crippen MR) is 114 cm³/mol. The lowest BCUT2D eigenvalue weighted by atomic mass is 9.61. The highest BCUT2D eigenvalue weighted by Gasteiger charge is 2.53. The molecule has 2 aromatic rings. The Morgan fingerprint density at radius 3 is 2.60 bits per heavy atom. The van der Waals surface area contributed by atoms with Crippen LogP contribution in [0.2, 0.25) is 0 Å². The Balaban J connectivity index is 2.20. The molecule has 4 N–H and O–H groups in total. The van der Waals surface area contributed by atoms with Crippen LogP contribution in [-0.2, 0) is 22.1 Å². The second-order valence-electron chi connectivity index (χ2n) is 8.33. The number of hydrogen-bond acceptors (Lipinski definition) is 4. The van der Waals surface area contributed by atoms with Gasteiger partial charge < -0.3 is 25.6 Å². The lowest BCUT2D eigenvalue weighted by Crippen LogP contribution is -2.55. The number of rotatable bonds is 7. The molecule has 1 aromatic heterocycles. The summed E-state index contributed by atoms with van der Waals surface area (Å²) >= 11 is 0. The van der Waals surface area contributed by atoms with Crippen LogP contribution in [0.5, 0.6) is 0 Å². The van der Waals surface area contributed by atoms with Gasteiger partial charge in [0.25, 0.3) is 0 Å². The van der Waals surface area contributed by atoms with E-state index in [0.29, 0.717) is 48.8 Å². The Kier molecular flexibility index (Phi) is 6.17. The van der Waals surface area contributed by atoms with Crippen LogP contribution in [0.4, 0.5) is 0 Å². The summed E-state index contributed by atoms with van der Waals surface area (Å²) in [6.07, 6.45) is 2.32. The van der Waals surface area contributed by atoms with Gasteiger partial charge >= 0.3 is 5.97 Å². The fourth-order valence-electron chi connectivity index (χ4n) is 4.87. The second kappa shape index (κ2) is 8.47. The van der Waals surface area contributed by atoms with Gasteiger partial charge in [0.05, 0.1) is 11.3 Å². The molecule has 2 amide bonds. The third-order valence-electron chi connectivity index (χ3n) is 6.28. The molecule has 0 aliphatic heterocycles. The number of nitrogens with zero attached hydrogens (tertiary/aromatic N) is 2. The van der Waals surface area contributed by atoms with Crippen molar-refractivity contribution in [3.8, 4) is 0 Å². The first kappa shape index (κ1) is 21.8. The highest BCUT2D eigenvalue weighted by Crippen LogP contribution is 2.48. The molecule has 1 aliphatic carbocycles. The van der Waals surface area contributed by atoms with Gasteiger partial charge in [-0.15, -0.1) is 0 Å². The van der Waals surface area contributed by atoms with Crippen LogP contribution in [0.25, 0.3) is 10.9 Å². The van der Waals surface area contributed by atoms with E-state index in [1.165, 1.54) is 0 Å². The molecular weight excluding hydrogens is 384 g/mol. The number of nitrogens with two attached hydrogens (primary N) is 1. The molecule has 1 fully saturated rings. The van der Waals surface area contributed by atoms with Gasteiger partial charge in [-0.1, -0.05) is 31.0 Å². The minimum atomic E-state index is -1.37. The first-order valence-corrected chi connectivity index (χ1v) is 10.2. The number of carbonyl (C=O) groups excluding carboxylic acids is 2. The topological polar surface area (TPSA) is 118 Å². The van der Waals surface area contributed by atoms with Crippen LogP contribution in [-0.4, -0.2) is 59.5 Å². The number of para-hydroxylation sites is 1. The summed E-state index contributed by atoms with van der Waals surface area (Å²) in [7, 11) is 5.49. The van der Waals surface area contributed by atoms with Crippen molar-refractivity contribution < 1.29 is 19.5 Å². The highest BCUT2D eigenvalue weighted by atomic mass is 16.4. The summed E-state index contributed by atoms with van der Waals surface area (Å²) in [5.74, 6) is -2.75. The number of likely N-dealkylation sites (N-methyl/N-ethyl adjacent to an activating group) is 1. The number of fused-ring (bicyclic) bond motifs is 1. The van der Waals surface area contributed by atoms with E-state index in [9.17, 15) is 19.5 Å². The van der Waals surface area contributed by atoms with Gasteiger partial charge in [0.1, 0.15) is 5.69 Å². The van der Waals surface area contributed by atoms with Crippen molar-refractivity contribution in [3.63, 3.8) is 0 Å². The number of aromatic carboxylic acids is 1. The molecule has 0 unspecified atom stereocenters. The summed E-state index contributed by atoms with van der Waals surface area (Å²) < 4.78 is 1.58. The molecule has 0 bridgehead atoms. The summed E-state index contributed by atoms with van der Waals surface area (Å²) in [4.78, 5) is 40.5. The second-order valence-corrected chi connectivity index (χ2v) is 8.33. The number of carboxylic acids is 1. The Hall–Kier alpha value is -2.87. The average molecular weight is 415 g/mol. The van der Waals surface area contributed by atoms with E-state index in [1.807, 2.05) is 31.1 Å². The highest BCUT2D eigenvalue weighted by molar-refractivity contribution is 6.05. The number of carboxylic acid groups (broad SMARTS) is 1. The minimum Gasteiger partial charge on any atom is -0.477 e. The normalized spacial score (nSPS) is 21.7. The van der Waals surface area contributed by atoms with Crippen LogP contribution >= 0.6 is 0 Å². The summed E-state index contributed by atoms with van der Waals surface area (Å²) in [5, 5.41) is 13.6. The Labute approximate surface area is 176 Å². The number of carbonyl (C=O) groups is 3. The number of benzene rings is 1. The van der Waals surface area contributed by atoms with Crippen molar-refractivity contribution in [1.82, 2.24) is 14.8 Å². The summed E-state index contributed by atoms with van der Waals surface area (Å²) in [5.41, 5.74) is 5.70. The van der Waals surface area contributed by atoms with Gasteiger partial charge in [0.2, 0.25) is 11.8 Å². The molecule has 8 nitrogen and oxygen atoms in total. The molecule has 8 heteroatoms. The fourth-order valence-corrected chi connectivity index (χ4v) is 4.87. The Bertz CT molecular complexity index is 981. The average Bonchev–Trinajstić information content (AvgIpc) is 3.00. The fraction of sp³-hybridized carbons (Fsp3) is 0.500. The maximum Gasteiger partial charge on any atom is 0.352 e. The van der Waals surface area contributed by atoms with Gasteiger partial charge in [-0.2, -0.15) is 0 Å². The van der Waals surface area contributed by atoms with Crippen LogP contribution in [0.15, 0.2) is 24.3 Å². The summed E-state index contributed by atoms with van der Waals surface area (Å²) in [6, 6.07) is 7.24. The Morgan fingerprint density at radius 1 is 1.27 bits per heavy atom. The number of amides is 2. The molecule has 0 radical (unpaired) electrons. The van der Waals surface area contributed by atoms with Crippen molar-refractivity contribution in [2.75, 3.05) is 27.2 Å². The zero-order valence-corrected chi connectivity index (χ0v) is 17.8. The molecule has 3 rings (SSSR count). The SMILES string of the molecule is CN(C)CCNC(=O)[C@@H]1CCCC[C@@]1(C(N)=O)c1c(C(=O)O)n(C)c2ccccc12. The van der Waals surface area contributed by atoms with Gasteiger partial charge in [0, 0.05) is 36.6 Å². The van der Waals surface area contributed by atoms with E-state index in [2.05, 4.69) is 5.32 Å². The molecule has 0 saturated heterocycles. The predicted octanol–water partition coefficient (Wildman–Crippen LogP) is 1.47. The zero-order chi connectivity index (χ0) is 22.1. The van der Waals surface area contributed by atoms with Crippen molar-refractivity contribution >= 4 is 28.7 Å². The number of aryl methyl sites for hydroxylation is 1. The summed E-state index contributed by atoms with van der Waals surface area (Å²) in [6.45, 7) is 1.11. The van der Waals surface area contributed by atoms with Crippen molar-refractivity contribution in [1.29, 1.82) is 0 Å². The molecular formula is C22H30N4O4. The van der Waals surface area contributed by atoms with Crippen molar-refractivity contribution in [2.45, 2.75) is 31.1 Å². The van der Waals surface area contributed by atoms with E-state index in [1.54, 1.807) is 23.7 Å². The van der Waals surface area contributed by atoms with Crippen LogP contribution in [0.1, 0.15) is 41.7 Å². The molecule has 1 saturated carbocycles. The zero-order valence-electron chi connectivity index (χ0n) is 17.8. The van der Waals surface area contributed by atoms with E-state index in [-0.39, 0.29) is 11.6 Å². The first-order chi connectivity index (χ1) is 14.2. The van der Waals surface area contributed by atoms with Gasteiger partial charge in [0.15, 0.2) is 0 Å². The number of hydrogen-bond donors (Lipinski definition) is 3. The largest absolute Gasteiger partial charge is 0.477 e. The number of nitrogens with one attached hydrogen (secondary N) is 1. The molecule has 1 heterocycles. The Morgan fingerprint density at radius 2 is 1.97 bits per heavy atom. The molecule has 1 aliphatic rings. The van der Waals surface area contributed by atoms with Crippen LogP contribution in [0, 0.1) is 5.92 Å².